The first-order chi connectivity index (χ1) is 17.3. The topological polar surface area (TPSA) is 68.0 Å². The Balaban J connectivity index is 1.67. The third-order valence-corrected chi connectivity index (χ3v) is 7.63. The molecule has 0 spiro atoms. The van der Waals surface area contributed by atoms with Gasteiger partial charge in [-0.15, -0.1) is 22.7 Å². The van der Waals surface area contributed by atoms with Crippen LogP contribution >= 0.6 is 34.4 Å². The molecule has 0 aliphatic heterocycles. The Morgan fingerprint density at radius 3 is 1.66 bits per heavy atom. The largest absolute Gasteiger partial charge is 0.453 e. The molecule has 0 bridgehead atoms. The molecule has 0 fully saturated rings. The molecule has 0 atom stereocenters. The van der Waals surface area contributed by atoms with E-state index in [-0.39, 0.29) is 0 Å². The zero-order valence-corrected chi connectivity index (χ0v) is 20.5. The lowest BCUT2D eigenvalue weighted by atomic mass is 10.0. The molecule has 0 unspecified atom stereocenters. The van der Waals surface area contributed by atoms with E-state index in [0.29, 0.717) is 28.6 Å². The average Bonchev–Trinajstić information content (AvgIpc) is 3.69. The van der Waals surface area contributed by atoms with Crippen LogP contribution in [0.3, 0.4) is 0 Å². The number of benzene rings is 3. The monoisotopic (exact) mass is 509 g/mol. The van der Waals surface area contributed by atoms with Crippen molar-refractivity contribution in [3.8, 4) is 49.9 Å². The predicted molar refractivity (Wildman–Crippen MR) is 142 cm³/mol. The van der Waals surface area contributed by atoms with Crippen molar-refractivity contribution in [1.29, 1.82) is 5.26 Å². The normalized spacial score (nSPS) is 10.8. The molecule has 0 N–H and O–H groups in total. The first kappa shape index (κ1) is 21.5. The lowest BCUT2D eigenvalue weighted by Crippen LogP contribution is -1.97. The molecule has 0 amide bonds. The van der Waals surface area contributed by atoms with Crippen molar-refractivity contribution in [3.05, 3.63) is 95.2 Å². The lowest BCUT2D eigenvalue weighted by molar-refractivity contribution is 0.422. The first-order valence-electron chi connectivity index (χ1n) is 10.6. The fourth-order valence-electron chi connectivity index (χ4n) is 3.77. The van der Waals surface area contributed by atoms with Gasteiger partial charge in [-0.2, -0.15) is 14.0 Å². The fraction of sp³-hybridized carbons (Fsp3) is 0. The van der Waals surface area contributed by atoms with Gasteiger partial charge in [-0.25, -0.2) is 0 Å². The van der Waals surface area contributed by atoms with Gasteiger partial charge in [-0.1, -0.05) is 30.3 Å². The summed E-state index contributed by atoms with van der Waals surface area (Å²) in [6.45, 7) is 0. The van der Waals surface area contributed by atoms with E-state index in [9.17, 15) is 5.26 Å². The van der Waals surface area contributed by atoms with E-state index in [2.05, 4.69) is 14.8 Å². The Morgan fingerprint density at radius 1 is 0.629 bits per heavy atom. The van der Waals surface area contributed by atoms with E-state index in [4.69, 9.17) is 9.47 Å². The van der Waals surface area contributed by atoms with Gasteiger partial charge in [0.15, 0.2) is 11.5 Å². The van der Waals surface area contributed by atoms with Crippen molar-refractivity contribution in [2.45, 2.75) is 0 Å². The van der Waals surface area contributed by atoms with Crippen molar-refractivity contribution < 1.29 is 9.47 Å². The molecule has 8 heteroatoms. The van der Waals surface area contributed by atoms with Crippen molar-refractivity contribution in [1.82, 2.24) is 8.75 Å². The molecule has 0 saturated carbocycles. The highest BCUT2D eigenvalue weighted by molar-refractivity contribution is 7.14. The number of nitrogens with zero attached hydrogens (tertiary/aromatic N) is 3. The maximum atomic E-state index is 9.21. The smallest absolute Gasteiger partial charge is 0.181 e. The second-order valence-electron chi connectivity index (χ2n) is 7.48. The minimum Gasteiger partial charge on any atom is -0.453 e. The molecular weight excluding hydrogens is 495 g/mol. The summed E-state index contributed by atoms with van der Waals surface area (Å²) in [5.74, 6) is 2.42. The van der Waals surface area contributed by atoms with Crippen LogP contribution in [0, 0.1) is 11.3 Å². The SMILES string of the molecule is N#Cc1ccc(Oc2c(Oc3ccccc3)c(-c3cccs3)c3nsnc3c2-c2cccs2)cc1. The summed E-state index contributed by atoms with van der Waals surface area (Å²) in [5.41, 5.74) is 3.79. The number of para-hydroxylation sites is 1. The minimum absolute atomic E-state index is 0.560. The van der Waals surface area contributed by atoms with Crippen LogP contribution in [0.4, 0.5) is 0 Å². The molecule has 5 nitrogen and oxygen atoms in total. The molecule has 3 heterocycles. The number of aromatic nitrogens is 2. The summed E-state index contributed by atoms with van der Waals surface area (Å²) >= 11 is 4.39. The standard InChI is InChI=1S/C27H15N3O2S3/c28-16-17-10-12-19(13-11-17)32-27-23(21-9-5-15-34-21)25-24(29-35-30-25)22(20-8-4-14-33-20)26(27)31-18-6-2-1-3-7-18/h1-15H. The number of hydrogen-bond acceptors (Lipinski definition) is 8. The molecule has 0 aliphatic rings. The number of nitriles is 1. The Hall–Kier alpha value is -4.03. The van der Waals surface area contributed by atoms with Crippen molar-refractivity contribution in [2.24, 2.45) is 0 Å². The van der Waals surface area contributed by atoms with E-state index < -0.39 is 0 Å². The summed E-state index contributed by atoms with van der Waals surface area (Å²) < 4.78 is 22.5. The third kappa shape index (κ3) is 4.06. The molecule has 3 aromatic carbocycles. The Bertz CT molecular complexity index is 1630. The van der Waals surface area contributed by atoms with E-state index in [1.165, 1.54) is 11.7 Å². The molecule has 35 heavy (non-hydrogen) atoms. The van der Waals surface area contributed by atoms with Gasteiger partial charge in [0, 0.05) is 9.75 Å². The summed E-state index contributed by atoms with van der Waals surface area (Å²) in [5, 5.41) is 13.3. The van der Waals surface area contributed by atoms with Crippen molar-refractivity contribution >= 4 is 45.4 Å². The number of thiophene rings is 2. The molecule has 6 aromatic rings. The lowest BCUT2D eigenvalue weighted by Gasteiger charge is -2.19. The zero-order valence-electron chi connectivity index (χ0n) is 18.0. The Morgan fingerprint density at radius 2 is 1.17 bits per heavy atom. The maximum absolute atomic E-state index is 9.21. The molecule has 0 aliphatic carbocycles. The van der Waals surface area contributed by atoms with Crippen LogP contribution in [0.1, 0.15) is 5.56 Å². The third-order valence-electron chi connectivity index (χ3n) is 5.32. The van der Waals surface area contributed by atoms with Gasteiger partial charge in [0.05, 0.1) is 34.5 Å². The average molecular weight is 510 g/mol. The summed E-state index contributed by atoms with van der Waals surface area (Å²) in [6.07, 6.45) is 0. The summed E-state index contributed by atoms with van der Waals surface area (Å²) in [7, 11) is 0. The second-order valence-corrected chi connectivity index (χ2v) is 9.90. The molecule has 0 radical (unpaired) electrons. The van der Waals surface area contributed by atoms with E-state index in [1.807, 2.05) is 65.4 Å². The molecule has 168 valence electrons. The zero-order chi connectivity index (χ0) is 23.6. The van der Waals surface area contributed by atoms with Gasteiger partial charge < -0.3 is 9.47 Å². The first-order valence-corrected chi connectivity index (χ1v) is 13.1. The number of rotatable bonds is 6. The number of ether oxygens (including phenoxy) is 2. The van der Waals surface area contributed by atoms with Gasteiger partial charge in [-0.3, -0.25) is 0 Å². The Labute approximate surface area is 213 Å². The predicted octanol–water partition coefficient (Wildman–Crippen LogP) is 8.60. The summed E-state index contributed by atoms with van der Waals surface area (Å²) in [4.78, 5) is 2.01. The highest BCUT2D eigenvalue weighted by Gasteiger charge is 2.28. The van der Waals surface area contributed by atoms with Gasteiger partial charge in [0.1, 0.15) is 22.5 Å². The molecule has 6 rings (SSSR count). The van der Waals surface area contributed by atoms with Gasteiger partial charge in [0.25, 0.3) is 0 Å². The van der Waals surface area contributed by atoms with E-state index in [0.717, 1.165) is 31.9 Å². The van der Waals surface area contributed by atoms with E-state index in [1.54, 1.807) is 46.9 Å². The molecule has 0 saturated heterocycles. The number of fused-ring (bicyclic) bond motifs is 1. The quantitative estimate of drug-likeness (QED) is 0.225. The van der Waals surface area contributed by atoms with E-state index >= 15 is 0 Å². The minimum atomic E-state index is 0.560. The summed E-state index contributed by atoms with van der Waals surface area (Å²) in [6, 6.07) is 27.0. The van der Waals surface area contributed by atoms with Gasteiger partial charge >= 0.3 is 0 Å². The maximum Gasteiger partial charge on any atom is 0.181 e. The fourth-order valence-corrected chi connectivity index (χ4v) is 5.87. The van der Waals surface area contributed by atoms with Crippen LogP contribution in [0.15, 0.2) is 89.6 Å². The Kier molecular flexibility index (Phi) is 5.72. The van der Waals surface area contributed by atoms with Gasteiger partial charge in [0.2, 0.25) is 0 Å². The molecule has 3 aromatic heterocycles. The number of hydrogen-bond donors (Lipinski definition) is 0. The second kappa shape index (κ2) is 9.31. The van der Waals surface area contributed by atoms with Crippen LogP contribution in [0.2, 0.25) is 0 Å². The van der Waals surface area contributed by atoms with Crippen LogP contribution in [0.25, 0.3) is 31.9 Å². The highest BCUT2D eigenvalue weighted by atomic mass is 32.1. The highest BCUT2D eigenvalue weighted by Crippen LogP contribution is 2.54. The molecular formula is C27H15N3O2S3. The van der Waals surface area contributed by atoms with Crippen molar-refractivity contribution in [3.63, 3.8) is 0 Å². The van der Waals surface area contributed by atoms with Crippen LogP contribution < -0.4 is 9.47 Å². The van der Waals surface area contributed by atoms with Crippen LogP contribution in [-0.2, 0) is 0 Å². The van der Waals surface area contributed by atoms with Crippen LogP contribution in [-0.4, -0.2) is 8.75 Å². The van der Waals surface area contributed by atoms with Crippen molar-refractivity contribution in [2.75, 3.05) is 0 Å². The van der Waals surface area contributed by atoms with Crippen LogP contribution in [0.5, 0.6) is 23.0 Å². The van der Waals surface area contributed by atoms with Gasteiger partial charge in [-0.05, 0) is 59.3 Å².